The summed E-state index contributed by atoms with van der Waals surface area (Å²) in [5, 5.41) is 0.710. The summed E-state index contributed by atoms with van der Waals surface area (Å²) in [7, 11) is 0. The van der Waals surface area contributed by atoms with Crippen LogP contribution in [0.4, 0.5) is 0 Å². The molecule has 8 nitrogen and oxygen atoms in total. The second-order valence-corrected chi connectivity index (χ2v) is 9.57. The minimum Gasteiger partial charge on any atom is -0.459 e. The predicted octanol–water partition coefficient (Wildman–Crippen LogP) is 2.98. The van der Waals surface area contributed by atoms with E-state index in [1.807, 2.05) is 0 Å². The highest BCUT2D eigenvalue weighted by atomic mass is 32.1. The zero-order chi connectivity index (χ0) is 22.5. The summed E-state index contributed by atoms with van der Waals surface area (Å²) in [6.45, 7) is 1.66. The Morgan fingerprint density at radius 2 is 1.73 bits per heavy atom. The van der Waals surface area contributed by atoms with E-state index in [1.165, 1.54) is 15.5 Å². The summed E-state index contributed by atoms with van der Waals surface area (Å²) in [6, 6.07) is 6.78. The molecule has 2 aliphatic rings. The molecule has 4 aromatic heterocycles. The second-order valence-electron chi connectivity index (χ2n) is 8.49. The SMILES string of the molecule is O=C(c1ccco1)N1CCN(C(=O)c2cccn3c(=O)c4c5c(sc4nc23)CCCC5)CC1. The van der Waals surface area contributed by atoms with Crippen LogP contribution in [0.3, 0.4) is 0 Å². The highest BCUT2D eigenvalue weighted by Crippen LogP contribution is 2.34. The summed E-state index contributed by atoms with van der Waals surface area (Å²) < 4.78 is 6.71. The van der Waals surface area contributed by atoms with Gasteiger partial charge in [0.05, 0.1) is 17.2 Å². The molecule has 1 aliphatic heterocycles. The first kappa shape index (κ1) is 20.2. The Hall–Kier alpha value is -3.46. The zero-order valence-corrected chi connectivity index (χ0v) is 18.8. The number of fused-ring (bicyclic) bond motifs is 4. The Labute approximate surface area is 193 Å². The van der Waals surface area contributed by atoms with Crippen molar-refractivity contribution in [2.24, 2.45) is 0 Å². The molecule has 33 heavy (non-hydrogen) atoms. The number of aromatic nitrogens is 2. The van der Waals surface area contributed by atoms with Crippen molar-refractivity contribution in [1.82, 2.24) is 19.2 Å². The molecule has 1 saturated heterocycles. The molecule has 2 amide bonds. The third-order valence-electron chi connectivity index (χ3n) is 6.58. The predicted molar refractivity (Wildman–Crippen MR) is 124 cm³/mol. The number of nitrogens with zero attached hydrogens (tertiary/aromatic N) is 4. The van der Waals surface area contributed by atoms with Crippen LogP contribution in [0.1, 0.15) is 44.2 Å². The van der Waals surface area contributed by atoms with Crippen LogP contribution in [0.25, 0.3) is 15.9 Å². The number of piperazine rings is 1. The van der Waals surface area contributed by atoms with E-state index >= 15 is 0 Å². The lowest BCUT2D eigenvalue weighted by atomic mass is 9.97. The van der Waals surface area contributed by atoms with Crippen molar-refractivity contribution < 1.29 is 14.0 Å². The molecule has 0 spiro atoms. The molecule has 0 saturated carbocycles. The van der Waals surface area contributed by atoms with E-state index in [4.69, 9.17) is 9.40 Å². The number of furan rings is 1. The fourth-order valence-corrected chi connectivity index (χ4v) is 6.10. The third-order valence-corrected chi connectivity index (χ3v) is 7.76. The first-order valence-electron chi connectivity index (χ1n) is 11.2. The van der Waals surface area contributed by atoms with Gasteiger partial charge in [0.1, 0.15) is 4.83 Å². The first-order chi connectivity index (χ1) is 16.1. The summed E-state index contributed by atoms with van der Waals surface area (Å²) in [5.74, 6) is -0.0460. The summed E-state index contributed by atoms with van der Waals surface area (Å²) in [4.78, 5) is 49.5. The Kier molecular flexibility index (Phi) is 4.79. The van der Waals surface area contributed by atoms with Gasteiger partial charge < -0.3 is 14.2 Å². The van der Waals surface area contributed by atoms with Crippen molar-refractivity contribution in [3.8, 4) is 0 Å². The Morgan fingerprint density at radius 1 is 0.970 bits per heavy atom. The molecule has 168 valence electrons. The number of pyridine rings is 1. The monoisotopic (exact) mass is 462 g/mol. The molecule has 5 heterocycles. The van der Waals surface area contributed by atoms with Gasteiger partial charge in [0.2, 0.25) is 0 Å². The minimum atomic E-state index is -0.175. The van der Waals surface area contributed by atoms with E-state index in [0.717, 1.165) is 36.1 Å². The lowest BCUT2D eigenvalue weighted by Gasteiger charge is -2.34. The van der Waals surface area contributed by atoms with Crippen molar-refractivity contribution in [3.05, 3.63) is 68.8 Å². The van der Waals surface area contributed by atoms with Crippen LogP contribution < -0.4 is 5.56 Å². The van der Waals surface area contributed by atoms with Crippen LogP contribution in [-0.2, 0) is 12.8 Å². The average Bonchev–Trinajstić information content (AvgIpc) is 3.51. The minimum absolute atomic E-state index is 0.0992. The molecular formula is C24H22N4O4S. The molecule has 0 aromatic carbocycles. The van der Waals surface area contributed by atoms with Crippen LogP contribution in [0.2, 0.25) is 0 Å². The van der Waals surface area contributed by atoms with Crippen molar-refractivity contribution in [2.45, 2.75) is 25.7 Å². The number of carbonyl (C=O) groups excluding carboxylic acids is 2. The van der Waals surface area contributed by atoms with Gasteiger partial charge in [-0.15, -0.1) is 11.3 Å². The van der Waals surface area contributed by atoms with E-state index in [0.29, 0.717) is 48.5 Å². The number of rotatable bonds is 2. The maximum Gasteiger partial charge on any atom is 0.289 e. The van der Waals surface area contributed by atoms with Crippen LogP contribution in [0, 0.1) is 0 Å². The third kappa shape index (κ3) is 3.26. The number of aryl methyl sites for hydroxylation is 2. The average molecular weight is 463 g/mol. The molecular weight excluding hydrogens is 440 g/mol. The van der Waals surface area contributed by atoms with Gasteiger partial charge in [-0.1, -0.05) is 0 Å². The quantitative estimate of drug-likeness (QED) is 0.457. The van der Waals surface area contributed by atoms with E-state index in [2.05, 4.69) is 0 Å². The number of amides is 2. The maximum atomic E-state index is 13.4. The van der Waals surface area contributed by atoms with Gasteiger partial charge in [-0.05, 0) is 55.5 Å². The highest BCUT2D eigenvalue weighted by Gasteiger charge is 2.28. The molecule has 0 N–H and O–H groups in total. The van der Waals surface area contributed by atoms with E-state index in [-0.39, 0.29) is 17.4 Å². The van der Waals surface area contributed by atoms with Crippen molar-refractivity contribution in [3.63, 3.8) is 0 Å². The molecule has 1 fully saturated rings. The summed E-state index contributed by atoms with van der Waals surface area (Å²) >= 11 is 1.58. The molecule has 6 rings (SSSR count). The van der Waals surface area contributed by atoms with Crippen molar-refractivity contribution >= 4 is 39.0 Å². The van der Waals surface area contributed by atoms with Gasteiger partial charge >= 0.3 is 0 Å². The van der Waals surface area contributed by atoms with Crippen molar-refractivity contribution in [2.75, 3.05) is 26.2 Å². The Balaban J connectivity index is 1.31. The largest absolute Gasteiger partial charge is 0.459 e. The molecule has 0 atom stereocenters. The van der Waals surface area contributed by atoms with E-state index in [1.54, 1.807) is 51.6 Å². The van der Waals surface area contributed by atoms with Crippen molar-refractivity contribution in [1.29, 1.82) is 0 Å². The Bertz CT molecular complexity index is 1440. The summed E-state index contributed by atoms with van der Waals surface area (Å²) in [5.41, 5.74) is 1.85. The molecule has 4 aromatic rings. The molecule has 1 aliphatic carbocycles. The zero-order valence-electron chi connectivity index (χ0n) is 18.0. The lowest BCUT2D eigenvalue weighted by Crippen LogP contribution is -2.50. The van der Waals surface area contributed by atoms with Crippen LogP contribution >= 0.6 is 11.3 Å². The number of hydrogen-bond acceptors (Lipinski definition) is 6. The smallest absolute Gasteiger partial charge is 0.289 e. The van der Waals surface area contributed by atoms with Crippen LogP contribution in [-0.4, -0.2) is 57.2 Å². The number of hydrogen-bond donors (Lipinski definition) is 0. The van der Waals surface area contributed by atoms with Crippen LogP contribution in [0.15, 0.2) is 45.9 Å². The molecule has 9 heteroatoms. The Morgan fingerprint density at radius 3 is 2.48 bits per heavy atom. The first-order valence-corrected chi connectivity index (χ1v) is 12.0. The van der Waals surface area contributed by atoms with Gasteiger partial charge in [-0.2, -0.15) is 0 Å². The van der Waals surface area contributed by atoms with Gasteiger partial charge in [0, 0.05) is 37.3 Å². The number of carbonyl (C=O) groups is 2. The standard InChI is InChI=1S/C24H22N4O4S/c29-22(26-10-12-27(13-11-26)23(30)17-7-4-14-32-17)16-6-3-9-28-20(16)25-21-19(24(28)31)15-5-1-2-8-18(15)33-21/h3-4,6-7,9,14H,1-2,5,8,10-13H2. The fourth-order valence-electron chi connectivity index (χ4n) is 4.85. The fraction of sp³-hybridized carbons (Fsp3) is 0.333. The molecule has 0 bridgehead atoms. The van der Waals surface area contributed by atoms with Gasteiger partial charge in [-0.3, -0.25) is 18.8 Å². The summed E-state index contributed by atoms with van der Waals surface area (Å²) in [6.07, 6.45) is 7.30. The highest BCUT2D eigenvalue weighted by molar-refractivity contribution is 7.18. The van der Waals surface area contributed by atoms with Gasteiger partial charge in [0.15, 0.2) is 11.4 Å². The topological polar surface area (TPSA) is 88.1 Å². The molecule has 0 unspecified atom stereocenters. The normalized spacial score (nSPS) is 16.4. The molecule has 0 radical (unpaired) electrons. The van der Waals surface area contributed by atoms with Crippen LogP contribution in [0.5, 0.6) is 0 Å². The number of thiophene rings is 1. The second kappa shape index (κ2) is 7.84. The van der Waals surface area contributed by atoms with E-state index in [9.17, 15) is 14.4 Å². The maximum absolute atomic E-state index is 13.4. The van der Waals surface area contributed by atoms with Gasteiger partial charge in [0.25, 0.3) is 17.4 Å². The van der Waals surface area contributed by atoms with E-state index < -0.39 is 0 Å². The lowest BCUT2D eigenvalue weighted by molar-refractivity contribution is 0.0518. The van der Waals surface area contributed by atoms with Gasteiger partial charge in [-0.25, -0.2) is 4.98 Å².